The van der Waals surface area contributed by atoms with Gasteiger partial charge in [0.1, 0.15) is 0 Å². The molecule has 0 fully saturated rings. The molecule has 1 atom stereocenters. The van der Waals surface area contributed by atoms with Gasteiger partial charge in [0.05, 0.1) is 5.56 Å². The van der Waals surface area contributed by atoms with E-state index in [4.69, 9.17) is 5.11 Å². The summed E-state index contributed by atoms with van der Waals surface area (Å²) in [5, 5.41) is 12.0. The summed E-state index contributed by atoms with van der Waals surface area (Å²) < 4.78 is 0. The Morgan fingerprint density at radius 3 is 2.71 bits per heavy atom. The molecule has 1 amide bonds. The van der Waals surface area contributed by atoms with Crippen molar-refractivity contribution in [2.45, 2.75) is 33.2 Å². The Morgan fingerprint density at radius 2 is 2.24 bits per heavy atom. The van der Waals surface area contributed by atoms with Crippen LogP contribution < -0.4 is 5.32 Å². The fraction of sp³-hybridized carbons (Fsp3) is 0.538. The van der Waals surface area contributed by atoms with Crippen LogP contribution in [0.4, 0.5) is 0 Å². The van der Waals surface area contributed by atoms with E-state index in [1.54, 1.807) is 18.3 Å². The van der Waals surface area contributed by atoms with E-state index in [1.807, 2.05) is 20.8 Å². The molecule has 1 heterocycles. The van der Waals surface area contributed by atoms with Gasteiger partial charge in [-0.1, -0.05) is 20.8 Å². The molecule has 4 nitrogen and oxygen atoms in total. The van der Waals surface area contributed by atoms with Gasteiger partial charge in [0.15, 0.2) is 0 Å². The smallest absolute Gasteiger partial charge is 0.253 e. The van der Waals surface area contributed by atoms with E-state index in [0.717, 1.165) is 0 Å². The van der Waals surface area contributed by atoms with Crippen LogP contribution in [-0.2, 0) is 0 Å². The maximum Gasteiger partial charge on any atom is 0.253 e. The molecule has 1 rings (SSSR count). The highest BCUT2D eigenvalue weighted by atomic mass is 16.3. The highest BCUT2D eigenvalue weighted by Crippen LogP contribution is 2.21. The molecule has 0 aromatic carbocycles. The largest absolute Gasteiger partial charge is 0.396 e. The molecule has 94 valence electrons. The molecule has 0 spiro atoms. The van der Waals surface area contributed by atoms with Gasteiger partial charge in [-0.05, 0) is 24.0 Å². The normalized spacial score (nSPS) is 13.2. The SMILES string of the molecule is CC(C)(C)[C@@H](CCO)NC(=O)c1cccnc1. The number of nitrogens with zero attached hydrogens (tertiary/aromatic N) is 1. The molecule has 0 saturated heterocycles. The van der Waals surface area contributed by atoms with Crippen molar-refractivity contribution in [3.05, 3.63) is 30.1 Å². The lowest BCUT2D eigenvalue weighted by Gasteiger charge is -2.31. The van der Waals surface area contributed by atoms with E-state index in [2.05, 4.69) is 10.3 Å². The number of aliphatic hydroxyl groups is 1. The topological polar surface area (TPSA) is 62.2 Å². The number of carbonyl (C=O) groups is 1. The molecular weight excluding hydrogens is 216 g/mol. The number of hydrogen-bond acceptors (Lipinski definition) is 3. The van der Waals surface area contributed by atoms with Crippen molar-refractivity contribution in [3.8, 4) is 0 Å². The third kappa shape index (κ3) is 4.15. The number of aromatic nitrogens is 1. The molecule has 1 aromatic rings. The molecule has 0 aliphatic rings. The fourth-order valence-corrected chi connectivity index (χ4v) is 1.59. The molecule has 0 aliphatic carbocycles. The second kappa shape index (κ2) is 5.77. The zero-order valence-electron chi connectivity index (χ0n) is 10.6. The Hall–Kier alpha value is -1.42. The summed E-state index contributed by atoms with van der Waals surface area (Å²) in [6, 6.07) is 3.40. The minimum atomic E-state index is -0.147. The highest BCUT2D eigenvalue weighted by molar-refractivity contribution is 5.94. The molecule has 0 saturated carbocycles. The lowest BCUT2D eigenvalue weighted by Crippen LogP contribution is -2.44. The zero-order chi connectivity index (χ0) is 12.9. The number of hydrogen-bond donors (Lipinski definition) is 2. The average Bonchev–Trinajstić information content (AvgIpc) is 2.28. The predicted molar refractivity (Wildman–Crippen MR) is 66.6 cm³/mol. The molecule has 17 heavy (non-hydrogen) atoms. The van der Waals surface area contributed by atoms with Gasteiger partial charge in [0, 0.05) is 25.0 Å². The lowest BCUT2D eigenvalue weighted by molar-refractivity contribution is 0.0885. The summed E-state index contributed by atoms with van der Waals surface area (Å²) in [6.07, 6.45) is 3.72. The molecule has 0 bridgehead atoms. The molecule has 1 aromatic heterocycles. The van der Waals surface area contributed by atoms with Crippen LogP contribution >= 0.6 is 0 Å². The van der Waals surface area contributed by atoms with Crippen LogP contribution in [0.3, 0.4) is 0 Å². The maximum absolute atomic E-state index is 11.9. The summed E-state index contributed by atoms with van der Waals surface area (Å²) in [5.74, 6) is -0.147. The van der Waals surface area contributed by atoms with Crippen LogP contribution in [0.1, 0.15) is 37.6 Å². The van der Waals surface area contributed by atoms with Crippen LogP contribution in [0.15, 0.2) is 24.5 Å². The van der Waals surface area contributed by atoms with Gasteiger partial charge in [-0.2, -0.15) is 0 Å². The summed E-state index contributed by atoms with van der Waals surface area (Å²) in [7, 11) is 0. The van der Waals surface area contributed by atoms with Crippen LogP contribution in [0.5, 0.6) is 0 Å². The molecule has 0 radical (unpaired) electrons. The van der Waals surface area contributed by atoms with E-state index < -0.39 is 0 Å². The van der Waals surface area contributed by atoms with Crippen molar-refractivity contribution in [2.24, 2.45) is 5.41 Å². The number of amides is 1. The van der Waals surface area contributed by atoms with E-state index >= 15 is 0 Å². The maximum atomic E-state index is 11.9. The first-order valence-corrected chi connectivity index (χ1v) is 5.77. The second-order valence-electron chi connectivity index (χ2n) is 5.15. The quantitative estimate of drug-likeness (QED) is 0.835. The van der Waals surface area contributed by atoms with Crippen LogP contribution in [0, 0.1) is 5.41 Å². The summed E-state index contributed by atoms with van der Waals surface area (Å²) in [6.45, 7) is 6.18. The van der Waals surface area contributed by atoms with Gasteiger partial charge < -0.3 is 10.4 Å². The van der Waals surface area contributed by atoms with E-state index in [0.29, 0.717) is 12.0 Å². The molecule has 0 unspecified atom stereocenters. The summed E-state index contributed by atoms with van der Waals surface area (Å²) in [4.78, 5) is 15.9. The van der Waals surface area contributed by atoms with Crippen LogP contribution in [0.2, 0.25) is 0 Å². The first kappa shape index (κ1) is 13.6. The van der Waals surface area contributed by atoms with Crippen molar-refractivity contribution in [2.75, 3.05) is 6.61 Å². The van der Waals surface area contributed by atoms with Crippen molar-refractivity contribution in [1.29, 1.82) is 0 Å². The lowest BCUT2D eigenvalue weighted by atomic mass is 9.85. The summed E-state index contributed by atoms with van der Waals surface area (Å²) in [5.41, 5.74) is 0.459. The predicted octanol–water partition coefficient (Wildman–Crippen LogP) is 1.61. The third-order valence-electron chi connectivity index (χ3n) is 2.69. The second-order valence-corrected chi connectivity index (χ2v) is 5.15. The van der Waals surface area contributed by atoms with E-state index in [1.165, 1.54) is 6.20 Å². The average molecular weight is 236 g/mol. The van der Waals surface area contributed by atoms with Gasteiger partial charge in [0.2, 0.25) is 0 Å². The standard InChI is InChI=1S/C13H20N2O2/c1-13(2,3)11(6-8-16)15-12(17)10-5-4-7-14-9-10/h4-5,7,9,11,16H,6,8H2,1-3H3,(H,15,17)/t11-/m1/s1. The number of pyridine rings is 1. The van der Waals surface area contributed by atoms with Crippen molar-refractivity contribution in [3.63, 3.8) is 0 Å². The Balaban J connectivity index is 2.71. The third-order valence-corrected chi connectivity index (χ3v) is 2.69. The van der Waals surface area contributed by atoms with Gasteiger partial charge in [-0.15, -0.1) is 0 Å². The van der Waals surface area contributed by atoms with Gasteiger partial charge in [-0.3, -0.25) is 9.78 Å². The number of rotatable bonds is 4. The Morgan fingerprint density at radius 1 is 1.53 bits per heavy atom. The van der Waals surface area contributed by atoms with Crippen LogP contribution in [-0.4, -0.2) is 28.6 Å². The van der Waals surface area contributed by atoms with Gasteiger partial charge in [0.25, 0.3) is 5.91 Å². The highest BCUT2D eigenvalue weighted by Gasteiger charge is 2.25. The van der Waals surface area contributed by atoms with Gasteiger partial charge >= 0.3 is 0 Å². The minimum absolute atomic E-state index is 0.0554. The first-order chi connectivity index (χ1) is 7.95. The van der Waals surface area contributed by atoms with E-state index in [-0.39, 0.29) is 24.0 Å². The molecule has 0 aliphatic heterocycles. The first-order valence-electron chi connectivity index (χ1n) is 5.77. The fourth-order valence-electron chi connectivity index (χ4n) is 1.59. The number of aliphatic hydroxyl groups excluding tert-OH is 1. The Labute approximate surface area is 102 Å². The van der Waals surface area contributed by atoms with Crippen molar-refractivity contribution >= 4 is 5.91 Å². The summed E-state index contributed by atoms with van der Waals surface area (Å²) >= 11 is 0. The molecular formula is C13H20N2O2. The monoisotopic (exact) mass is 236 g/mol. The zero-order valence-corrected chi connectivity index (χ0v) is 10.6. The Bertz CT molecular complexity index is 357. The number of nitrogens with one attached hydrogen (secondary N) is 1. The van der Waals surface area contributed by atoms with Crippen molar-refractivity contribution in [1.82, 2.24) is 10.3 Å². The van der Waals surface area contributed by atoms with E-state index in [9.17, 15) is 4.79 Å². The van der Waals surface area contributed by atoms with Crippen LogP contribution in [0.25, 0.3) is 0 Å². The van der Waals surface area contributed by atoms with Gasteiger partial charge in [-0.25, -0.2) is 0 Å². The Kier molecular flexibility index (Phi) is 4.63. The van der Waals surface area contributed by atoms with Crippen molar-refractivity contribution < 1.29 is 9.90 Å². The molecule has 4 heteroatoms. The number of carbonyl (C=O) groups excluding carboxylic acids is 1. The molecule has 2 N–H and O–H groups in total. The minimum Gasteiger partial charge on any atom is -0.396 e.